The van der Waals surface area contributed by atoms with E-state index in [2.05, 4.69) is 5.10 Å². The van der Waals surface area contributed by atoms with Gasteiger partial charge in [0.25, 0.3) is 5.69 Å². The molecule has 1 aliphatic heterocycles. The highest BCUT2D eigenvalue weighted by atomic mass is 35.5. The molecule has 11 nitrogen and oxygen atoms in total. The average Bonchev–Trinajstić information content (AvgIpc) is 2.86. The van der Waals surface area contributed by atoms with Crippen molar-refractivity contribution in [2.24, 2.45) is 0 Å². The summed E-state index contributed by atoms with van der Waals surface area (Å²) >= 11 is 12.3. The van der Waals surface area contributed by atoms with Crippen LogP contribution in [0.5, 0.6) is 5.75 Å². The summed E-state index contributed by atoms with van der Waals surface area (Å²) in [5.74, 6) is -0.191. The minimum atomic E-state index is -3.72. The Morgan fingerprint density at radius 3 is 2.36 bits per heavy atom. The maximum atomic E-state index is 13.5. The number of nitrogens with zero attached hydrogens (tertiary/aromatic N) is 5. The van der Waals surface area contributed by atoms with Gasteiger partial charge in [-0.2, -0.15) is 14.1 Å². The third-order valence-electron chi connectivity index (χ3n) is 6.79. The van der Waals surface area contributed by atoms with Crippen molar-refractivity contribution in [3.05, 3.63) is 84.7 Å². The van der Waals surface area contributed by atoms with Crippen molar-refractivity contribution in [1.82, 2.24) is 14.1 Å². The molecule has 39 heavy (non-hydrogen) atoms. The number of piperazine rings is 1. The van der Waals surface area contributed by atoms with Crippen molar-refractivity contribution >= 4 is 44.6 Å². The lowest BCUT2D eigenvalue weighted by atomic mass is 9.96. The van der Waals surface area contributed by atoms with Gasteiger partial charge in [-0.15, -0.1) is 0 Å². The summed E-state index contributed by atoms with van der Waals surface area (Å²) in [6, 6.07) is 10.3. The minimum absolute atomic E-state index is 0.0770. The number of nitro benzene ring substituents is 1. The standard InChI is InChI=1S/C25H25Cl2N5O6S/c26-18-12-19(27)14-21(13-18)31-25(33)24(38-22-5-2-6-22)23(15-28-31)29-7-9-30(10-8-29)39(36,37)16-17-3-1-4-20(11-17)32(34)35/h1,3-4,11-15,22H,2,5-10,16H2. The summed E-state index contributed by atoms with van der Waals surface area (Å²) in [6.45, 7) is 0.965. The van der Waals surface area contributed by atoms with Crippen LogP contribution in [0, 0.1) is 10.1 Å². The summed E-state index contributed by atoms with van der Waals surface area (Å²) in [6.07, 6.45) is 4.16. The second-order valence-corrected chi connectivity index (χ2v) is 12.3. The van der Waals surface area contributed by atoms with E-state index in [1.165, 1.54) is 33.4 Å². The number of benzene rings is 2. The molecule has 0 radical (unpaired) electrons. The Hall–Kier alpha value is -3.19. The van der Waals surface area contributed by atoms with Crippen LogP contribution < -0.4 is 15.2 Å². The van der Waals surface area contributed by atoms with Gasteiger partial charge in [-0.05, 0) is 43.0 Å². The molecule has 0 atom stereocenters. The van der Waals surface area contributed by atoms with Crippen LogP contribution in [0.15, 0.2) is 53.5 Å². The van der Waals surface area contributed by atoms with Crippen LogP contribution in [0.25, 0.3) is 5.69 Å². The number of rotatable bonds is 8. The fraction of sp³-hybridized carbons (Fsp3) is 0.360. The second-order valence-electron chi connectivity index (χ2n) is 9.44. The Kier molecular flexibility index (Phi) is 7.81. The van der Waals surface area contributed by atoms with Gasteiger partial charge in [0.15, 0.2) is 0 Å². The first-order valence-electron chi connectivity index (χ1n) is 12.3. The lowest BCUT2D eigenvalue weighted by Crippen LogP contribution is -2.49. The number of hydrogen-bond acceptors (Lipinski definition) is 8. The number of nitro groups is 1. The predicted molar refractivity (Wildman–Crippen MR) is 148 cm³/mol. The molecule has 0 bridgehead atoms. The fourth-order valence-electron chi connectivity index (χ4n) is 4.53. The van der Waals surface area contributed by atoms with Gasteiger partial charge >= 0.3 is 5.56 Å². The normalized spacial score (nSPS) is 16.6. The Labute approximate surface area is 234 Å². The van der Waals surface area contributed by atoms with E-state index in [-0.39, 0.29) is 36.4 Å². The van der Waals surface area contributed by atoms with Gasteiger partial charge in [0.05, 0.1) is 28.7 Å². The summed E-state index contributed by atoms with van der Waals surface area (Å²) in [5.41, 5.74) is 0.621. The SMILES string of the molecule is O=c1c(OC2CCC2)c(N2CCN(S(=O)(=O)Cc3cccc([N+](=O)[O-])c3)CC2)cnn1-c1cc(Cl)cc(Cl)c1. The van der Waals surface area contributed by atoms with Crippen molar-refractivity contribution < 1.29 is 18.1 Å². The van der Waals surface area contributed by atoms with E-state index in [9.17, 15) is 23.3 Å². The van der Waals surface area contributed by atoms with Crippen molar-refractivity contribution in [2.75, 3.05) is 31.1 Å². The Balaban J connectivity index is 1.36. The zero-order valence-electron chi connectivity index (χ0n) is 20.7. The number of sulfonamides is 1. The monoisotopic (exact) mass is 593 g/mol. The van der Waals surface area contributed by atoms with E-state index in [1.807, 2.05) is 4.90 Å². The number of hydrogen-bond donors (Lipinski definition) is 0. The van der Waals surface area contributed by atoms with Crippen molar-refractivity contribution in [3.8, 4) is 11.4 Å². The Morgan fingerprint density at radius 1 is 1.05 bits per heavy atom. The van der Waals surface area contributed by atoms with Gasteiger partial charge in [0, 0.05) is 48.4 Å². The van der Waals surface area contributed by atoms with Crippen LogP contribution in [-0.4, -0.2) is 59.7 Å². The molecule has 2 fully saturated rings. The molecule has 0 N–H and O–H groups in total. The van der Waals surface area contributed by atoms with Crippen LogP contribution in [0.3, 0.4) is 0 Å². The largest absolute Gasteiger partial charge is 0.483 e. The van der Waals surface area contributed by atoms with Crippen molar-refractivity contribution in [3.63, 3.8) is 0 Å². The van der Waals surface area contributed by atoms with Gasteiger partial charge in [0.1, 0.15) is 5.69 Å². The molecule has 0 amide bonds. The predicted octanol–water partition coefficient (Wildman–Crippen LogP) is 4.03. The van der Waals surface area contributed by atoms with Gasteiger partial charge in [-0.1, -0.05) is 35.3 Å². The summed E-state index contributed by atoms with van der Waals surface area (Å²) in [4.78, 5) is 25.9. The lowest BCUT2D eigenvalue weighted by molar-refractivity contribution is -0.384. The van der Waals surface area contributed by atoms with Crippen molar-refractivity contribution in [2.45, 2.75) is 31.1 Å². The Morgan fingerprint density at radius 2 is 1.74 bits per heavy atom. The molecule has 2 aliphatic rings. The topological polar surface area (TPSA) is 128 Å². The number of non-ortho nitro benzene ring substituents is 1. The molecule has 0 unspecified atom stereocenters. The molecule has 1 saturated heterocycles. The molecular formula is C25H25Cl2N5O6S. The van der Waals surface area contributed by atoms with Crippen LogP contribution in [0.1, 0.15) is 24.8 Å². The summed E-state index contributed by atoms with van der Waals surface area (Å²) < 4.78 is 34.8. The van der Waals surface area contributed by atoms with Crippen LogP contribution in [-0.2, 0) is 15.8 Å². The van der Waals surface area contributed by atoms with Crippen molar-refractivity contribution in [1.29, 1.82) is 0 Å². The first-order chi connectivity index (χ1) is 18.6. The van der Waals surface area contributed by atoms with Gasteiger partial charge in [-0.3, -0.25) is 14.9 Å². The molecule has 0 spiro atoms. The molecule has 1 saturated carbocycles. The molecular weight excluding hydrogens is 569 g/mol. The third kappa shape index (κ3) is 6.03. The first kappa shape index (κ1) is 27.4. The number of anilines is 1. The first-order valence-corrected chi connectivity index (χ1v) is 14.7. The quantitative estimate of drug-likeness (QED) is 0.283. The molecule has 206 valence electrons. The highest BCUT2D eigenvalue weighted by Gasteiger charge is 2.31. The average molecular weight is 594 g/mol. The zero-order chi connectivity index (χ0) is 27.7. The van der Waals surface area contributed by atoms with E-state index in [0.717, 1.165) is 19.3 Å². The number of ether oxygens (including phenoxy) is 1. The minimum Gasteiger partial charge on any atom is -0.483 e. The molecule has 1 aromatic heterocycles. The Bertz CT molecular complexity index is 1550. The van der Waals surface area contributed by atoms with Gasteiger partial charge in [0.2, 0.25) is 15.8 Å². The molecule has 14 heteroatoms. The fourth-order valence-corrected chi connectivity index (χ4v) is 6.55. The molecule has 2 heterocycles. The highest BCUT2D eigenvalue weighted by Crippen LogP contribution is 2.32. The van der Waals surface area contributed by atoms with E-state index in [0.29, 0.717) is 40.1 Å². The molecule has 5 rings (SSSR count). The molecule has 1 aliphatic carbocycles. The highest BCUT2D eigenvalue weighted by molar-refractivity contribution is 7.88. The summed E-state index contributed by atoms with van der Waals surface area (Å²) in [5, 5.41) is 16.1. The molecule has 3 aromatic rings. The smallest absolute Gasteiger partial charge is 0.316 e. The van der Waals surface area contributed by atoms with E-state index >= 15 is 0 Å². The lowest BCUT2D eigenvalue weighted by Gasteiger charge is -2.36. The van der Waals surface area contributed by atoms with Crippen LogP contribution in [0.4, 0.5) is 11.4 Å². The molecule has 2 aromatic carbocycles. The number of halogens is 2. The summed E-state index contributed by atoms with van der Waals surface area (Å²) in [7, 11) is -3.72. The third-order valence-corrected chi connectivity index (χ3v) is 9.07. The van der Waals surface area contributed by atoms with Crippen LogP contribution >= 0.6 is 23.2 Å². The maximum absolute atomic E-state index is 13.5. The van der Waals surface area contributed by atoms with Gasteiger partial charge in [-0.25, -0.2) is 8.42 Å². The maximum Gasteiger partial charge on any atom is 0.316 e. The number of aromatic nitrogens is 2. The van der Waals surface area contributed by atoms with E-state index < -0.39 is 20.5 Å². The zero-order valence-corrected chi connectivity index (χ0v) is 23.0. The van der Waals surface area contributed by atoms with E-state index in [1.54, 1.807) is 24.3 Å². The van der Waals surface area contributed by atoms with E-state index in [4.69, 9.17) is 27.9 Å². The van der Waals surface area contributed by atoms with Crippen LogP contribution in [0.2, 0.25) is 10.0 Å². The van der Waals surface area contributed by atoms with Gasteiger partial charge < -0.3 is 9.64 Å². The second kappa shape index (κ2) is 11.1.